The van der Waals surface area contributed by atoms with Crippen LogP contribution in [-0.4, -0.2) is 35.5 Å². The van der Waals surface area contributed by atoms with Gasteiger partial charge in [0.15, 0.2) is 0 Å². The van der Waals surface area contributed by atoms with Crippen LogP contribution < -0.4 is 10.6 Å². The summed E-state index contributed by atoms with van der Waals surface area (Å²) in [4.78, 5) is 33.3. The maximum absolute atomic E-state index is 11.8. The Kier molecular flexibility index (Phi) is 5.53. The largest absolute Gasteiger partial charge is 0.465 e. The molecule has 0 aliphatic carbocycles. The number of amides is 2. The number of carbonyl (C=O) groups excluding carboxylic acids is 2. The van der Waals surface area contributed by atoms with E-state index >= 15 is 0 Å². The summed E-state index contributed by atoms with van der Waals surface area (Å²) in [5.41, 5.74) is 0.833. The lowest BCUT2D eigenvalue weighted by Gasteiger charge is -2.16. The van der Waals surface area contributed by atoms with Crippen molar-refractivity contribution in [1.29, 1.82) is 0 Å². The van der Waals surface area contributed by atoms with E-state index in [0.29, 0.717) is 0 Å². The van der Waals surface area contributed by atoms with Gasteiger partial charge in [0.05, 0.1) is 6.54 Å². The summed E-state index contributed by atoms with van der Waals surface area (Å²) in [6.07, 6.45) is -1.05. The Labute approximate surface area is 110 Å². The molecule has 3 N–H and O–H groups in total. The fourth-order valence-corrected chi connectivity index (χ4v) is 1.54. The lowest BCUT2D eigenvalue weighted by atomic mass is 10.1. The molecular weight excluding hydrogens is 248 g/mol. The van der Waals surface area contributed by atoms with Gasteiger partial charge in [0.25, 0.3) is 0 Å². The zero-order valence-electron chi connectivity index (χ0n) is 10.6. The minimum atomic E-state index is -1.28. The number of carbonyl (C=O) groups is 3. The number of ketones is 1. The molecule has 102 valence electrons. The Balaban J connectivity index is 2.68. The van der Waals surface area contributed by atoms with Gasteiger partial charge in [0.2, 0.25) is 5.91 Å². The first-order valence-electron chi connectivity index (χ1n) is 5.79. The molecule has 0 aliphatic rings. The quantitative estimate of drug-likeness (QED) is 0.700. The lowest BCUT2D eigenvalue weighted by Crippen LogP contribution is -2.48. The third kappa shape index (κ3) is 5.67. The molecule has 2 amide bonds. The second-order valence-electron chi connectivity index (χ2n) is 4.11. The van der Waals surface area contributed by atoms with Crippen LogP contribution in [0.5, 0.6) is 0 Å². The highest BCUT2D eigenvalue weighted by atomic mass is 16.4. The average Bonchev–Trinajstić information content (AvgIpc) is 2.36. The number of benzene rings is 1. The van der Waals surface area contributed by atoms with E-state index in [2.05, 4.69) is 10.6 Å². The van der Waals surface area contributed by atoms with Crippen LogP contribution in [0.4, 0.5) is 4.79 Å². The molecule has 1 aromatic carbocycles. The molecule has 6 nitrogen and oxygen atoms in total. The summed E-state index contributed by atoms with van der Waals surface area (Å²) >= 11 is 0. The molecule has 0 spiro atoms. The highest BCUT2D eigenvalue weighted by Gasteiger charge is 2.20. The van der Waals surface area contributed by atoms with Crippen molar-refractivity contribution < 1.29 is 19.5 Å². The van der Waals surface area contributed by atoms with Crippen LogP contribution >= 0.6 is 0 Å². The minimum Gasteiger partial charge on any atom is -0.465 e. The highest BCUT2D eigenvalue weighted by molar-refractivity contribution is 5.89. The van der Waals surface area contributed by atoms with Gasteiger partial charge in [0.1, 0.15) is 11.8 Å². The fraction of sp³-hybridized carbons (Fsp3) is 0.308. The van der Waals surface area contributed by atoms with E-state index < -0.39 is 18.0 Å². The zero-order valence-corrected chi connectivity index (χ0v) is 10.6. The summed E-state index contributed by atoms with van der Waals surface area (Å²) in [6, 6.07) is 8.13. The van der Waals surface area contributed by atoms with Crippen LogP contribution in [0.1, 0.15) is 12.5 Å². The van der Waals surface area contributed by atoms with Gasteiger partial charge in [-0.1, -0.05) is 30.3 Å². The molecule has 0 saturated heterocycles. The van der Waals surface area contributed by atoms with E-state index in [-0.39, 0.29) is 18.7 Å². The van der Waals surface area contributed by atoms with Crippen molar-refractivity contribution in [1.82, 2.24) is 10.6 Å². The van der Waals surface area contributed by atoms with Crippen LogP contribution in [0.3, 0.4) is 0 Å². The van der Waals surface area contributed by atoms with E-state index in [1.807, 2.05) is 6.07 Å². The number of rotatable bonds is 6. The summed E-state index contributed by atoms with van der Waals surface area (Å²) in [6.45, 7) is 1.24. The Morgan fingerprint density at radius 1 is 1.21 bits per heavy atom. The predicted molar refractivity (Wildman–Crippen MR) is 68.8 cm³/mol. The molecule has 6 heteroatoms. The maximum Gasteiger partial charge on any atom is 0.405 e. The molecule has 19 heavy (non-hydrogen) atoms. The van der Waals surface area contributed by atoms with Crippen molar-refractivity contribution in [3.05, 3.63) is 35.9 Å². The van der Waals surface area contributed by atoms with Gasteiger partial charge in [-0.05, 0) is 12.5 Å². The second-order valence-corrected chi connectivity index (χ2v) is 4.11. The van der Waals surface area contributed by atoms with E-state index in [9.17, 15) is 14.4 Å². The first-order chi connectivity index (χ1) is 8.99. The topological polar surface area (TPSA) is 95.5 Å². The standard InChI is InChI=1S/C13H16N2O4/c1-9(16)8-14-12(17)11(15-13(18)19)7-10-5-3-2-4-6-10/h2-6,11,15H,7-8H2,1H3,(H,14,17)(H,18,19)/t11-/m0/s1. The average molecular weight is 264 g/mol. The van der Waals surface area contributed by atoms with Crippen molar-refractivity contribution in [3.8, 4) is 0 Å². The Hall–Kier alpha value is -2.37. The number of carboxylic acid groups (broad SMARTS) is 1. The van der Waals surface area contributed by atoms with Crippen molar-refractivity contribution in [2.75, 3.05) is 6.54 Å². The number of hydrogen-bond acceptors (Lipinski definition) is 3. The molecule has 0 radical (unpaired) electrons. The van der Waals surface area contributed by atoms with Crippen molar-refractivity contribution >= 4 is 17.8 Å². The molecule has 0 aromatic heterocycles. The van der Waals surface area contributed by atoms with Gasteiger partial charge >= 0.3 is 6.09 Å². The van der Waals surface area contributed by atoms with E-state index in [1.165, 1.54) is 6.92 Å². The highest BCUT2D eigenvalue weighted by Crippen LogP contribution is 2.03. The van der Waals surface area contributed by atoms with Crippen LogP contribution in [0, 0.1) is 0 Å². The monoisotopic (exact) mass is 264 g/mol. The molecule has 1 rings (SSSR count). The first kappa shape index (κ1) is 14.7. The Morgan fingerprint density at radius 2 is 1.84 bits per heavy atom. The summed E-state index contributed by atoms with van der Waals surface area (Å²) in [5, 5.41) is 13.3. The smallest absolute Gasteiger partial charge is 0.405 e. The van der Waals surface area contributed by atoms with Crippen LogP contribution in [0.2, 0.25) is 0 Å². The fourth-order valence-electron chi connectivity index (χ4n) is 1.54. The van der Waals surface area contributed by atoms with E-state index in [1.54, 1.807) is 24.3 Å². The molecule has 0 bridgehead atoms. The zero-order chi connectivity index (χ0) is 14.3. The number of nitrogens with one attached hydrogen (secondary N) is 2. The first-order valence-corrected chi connectivity index (χ1v) is 5.79. The van der Waals surface area contributed by atoms with Gasteiger partial charge in [-0.2, -0.15) is 0 Å². The van der Waals surface area contributed by atoms with Gasteiger partial charge in [0, 0.05) is 6.42 Å². The lowest BCUT2D eigenvalue weighted by molar-refractivity contribution is -0.125. The summed E-state index contributed by atoms with van der Waals surface area (Å²) < 4.78 is 0. The van der Waals surface area contributed by atoms with Gasteiger partial charge < -0.3 is 15.7 Å². The Bertz CT molecular complexity index is 459. The van der Waals surface area contributed by atoms with E-state index in [0.717, 1.165) is 5.56 Å². The maximum atomic E-state index is 11.8. The Morgan fingerprint density at radius 3 is 2.37 bits per heavy atom. The summed E-state index contributed by atoms with van der Waals surface area (Å²) in [7, 11) is 0. The number of Topliss-reactive ketones (excluding diaryl/α,β-unsaturated/α-hetero) is 1. The predicted octanol–water partition coefficient (Wildman–Crippen LogP) is 0.570. The molecule has 1 aromatic rings. The summed E-state index contributed by atoms with van der Waals surface area (Å²) in [5.74, 6) is -0.705. The van der Waals surface area contributed by atoms with Crippen LogP contribution in [-0.2, 0) is 16.0 Å². The van der Waals surface area contributed by atoms with Crippen LogP contribution in [0.25, 0.3) is 0 Å². The molecule has 0 unspecified atom stereocenters. The number of hydrogen-bond donors (Lipinski definition) is 3. The van der Waals surface area contributed by atoms with Gasteiger partial charge in [-0.25, -0.2) is 4.79 Å². The molecule has 0 saturated carbocycles. The SMILES string of the molecule is CC(=O)CNC(=O)[C@H](Cc1ccccc1)NC(=O)O. The van der Waals surface area contributed by atoms with Gasteiger partial charge in [-0.3, -0.25) is 9.59 Å². The van der Waals surface area contributed by atoms with Crippen molar-refractivity contribution in [2.24, 2.45) is 0 Å². The van der Waals surface area contributed by atoms with Crippen LogP contribution in [0.15, 0.2) is 30.3 Å². The van der Waals surface area contributed by atoms with Gasteiger partial charge in [-0.15, -0.1) is 0 Å². The van der Waals surface area contributed by atoms with Crippen molar-refractivity contribution in [3.63, 3.8) is 0 Å². The second kappa shape index (κ2) is 7.15. The molecular formula is C13H16N2O4. The normalized spacial score (nSPS) is 11.4. The molecule has 0 fully saturated rings. The molecule has 0 heterocycles. The van der Waals surface area contributed by atoms with E-state index in [4.69, 9.17) is 5.11 Å². The molecule has 1 atom stereocenters. The molecule has 0 aliphatic heterocycles. The third-order valence-corrected chi connectivity index (χ3v) is 2.41. The van der Waals surface area contributed by atoms with Crippen molar-refractivity contribution in [2.45, 2.75) is 19.4 Å². The third-order valence-electron chi connectivity index (χ3n) is 2.41. The minimum absolute atomic E-state index is 0.106.